The Bertz CT molecular complexity index is 935. The summed E-state index contributed by atoms with van der Waals surface area (Å²) in [5, 5.41) is 2.54. The zero-order chi connectivity index (χ0) is 23.1. The van der Waals surface area contributed by atoms with Crippen LogP contribution in [0.3, 0.4) is 0 Å². The van der Waals surface area contributed by atoms with Gasteiger partial charge in [0.2, 0.25) is 5.91 Å². The Morgan fingerprint density at radius 3 is 2.19 bits per heavy atom. The van der Waals surface area contributed by atoms with Crippen molar-refractivity contribution in [3.05, 3.63) is 77.4 Å². The Morgan fingerprint density at radius 2 is 1.59 bits per heavy atom. The quantitative estimate of drug-likeness (QED) is 0.715. The molecule has 5 nitrogen and oxygen atoms in total. The Labute approximate surface area is 187 Å². The van der Waals surface area contributed by atoms with Gasteiger partial charge >= 0.3 is 0 Å². The van der Waals surface area contributed by atoms with Gasteiger partial charge in [-0.15, -0.1) is 0 Å². The van der Waals surface area contributed by atoms with Crippen LogP contribution in [-0.2, 0) is 4.79 Å². The Kier molecular flexibility index (Phi) is 8.11. The average Bonchev–Trinajstić information content (AvgIpc) is 2.78. The predicted octanol–water partition coefficient (Wildman–Crippen LogP) is 3.58. The van der Waals surface area contributed by atoms with Gasteiger partial charge in [0.05, 0.1) is 0 Å². The molecule has 0 spiro atoms. The second-order valence-corrected chi connectivity index (χ2v) is 8.23. The van der Waals surface area contributed by atoms with Crippen LogP contribution in [0.5, 0.6) is 0 Å². The van der Waals surface area contributed by atoms with Crippen molar-refractivity contribution < 1.29 is 18.4 Å². The molecule has 1 N–H and O–H groups in total. The normalized spacial score (nSPS) is 15.8. The average molecular weight is 442 g/mol. The minimum Gasteiger partial charge on any atom is -0.340 e. The molecule has 2 aromatic rings. The molecule has 2 aromatic carbocycles. The number of halogens is 2. The number of carbonyl (C=O) groups is 2. The van der Waals surface area contributed by atoms with E-state index in [1.807, 2.05) is 30.3 Å². The molecule has 1 aliphatic rings. The monoisotopic (exact) mass is 441 g/mol. The standard InChI is InChI=1S/C25H29F2N3O2/c1-18(2)23(28-24(31)22-20(26)11-6-12-21(22)27)25(32)30-16-14-29(15-17-30)13-7-10-19-8-4-3-5-9-19/h3-12,18,23H,13-17H2,1-2H3,(H,28,31)/b10-7+. The highest BCUT2D eigenvalue weighted by atomic mass is 19.1. The molecule has 32 heavy (non-hydrogen) atoms. The molecule has 1 aliphatic heterocycles. The van der Waals surface area contributed by atoms with Gasteiger partial charge in [0.15, 0.2) is 0 Å². The molecule has 1 fully saturated rings. The molecule has 0 bridgehead atoms. The lowest BCUT2D eigenvalue weighted by atomic mass is 10.0. The highest BCUT2D eigenvalue weighted by Gasteiger charge is 2.32. The minimum atomic E-state index is -0.949. The van der Waals surface area contributed by atoms with Crippen molar-refractivity contribution in [2.24, 2.45) is 5.92 Å². The molecule has 2 amide bonds. The smallest absolute Gasteiger partial charge is 0.257 e. The summed E-state index contributed by atoms with van der Waals surface area (Å²) in [6, 6.07) is 12.4. The highest BCUT2D eigenvalue weighted by Crippen LogP contribution is 2.15. The van der Waals surface area contributed by atoms with Crippen molar-refractivity contribution in [1.82, 2.24) is 15.1 Å². The first-order chi connectivity index (χ1) is 15.4. The van der Waals surface area contributed by atoms with E-state index < -0.39 is 29.1 Å². The second-order valence-electron chi connectivity index (χ2n) is 8.23. The lowest BCUT2D eigenvalue weighted by Gasteiger charge is -2.37. The Morgan fingerprint density at radius 1 is 0.969 bits per heavy atom. The van der Waals surface area contributed by atoms with Gasteiger partial charge in [-0.2, -0.15) is 0 Å². The second kappa shape index (κ2) is 11.0. The molecule has 7 heteroatoms. The third-order valence-electron chi connectivity index (χ3n) is 5.57. The van der Waals surface area contributed by atoms with Crippen LogP contribution in [-0.4, -0.2) is 60.4 Å². The number of benzene rings is 2. The van der Waals surface area contributed by atoms with E-state index in [1.165, 1.54) is 6.07 Å². The molecule has 1 unspecified atom stereocenters. The van der Waals surface area contributed by atoms with Crippen molar-refractivity contribution in [1.29, 1.82) is 0 Å². The Balaban J connectivity index is 1.56. The van der Waals surface area contributed by atoms with Gasteiger partial charge in [0.1, 0.15) is 23.2 Å². The molecule has 0 aromatic heterocycles. The maximum atomic E-state index is 14.0. The fraction of sp³-hybridized carbons (Fsp3) is 0.360. The zero-order valence-electron chi connectivity index (χ0n) is 18.4. The van der Waals surface area contributed by atoms with Gasteiger partial charge in [0.25, 0.3) is 5.91 Å². The van der Waals surface area contributed by atoms with E-state index in [0.29, 0.717) is 26.2 Å². The van der Waals surface area contributed by atoms with Crippen LogP contribution in [0, 0.1) is 17.6 Å². The summed E-state index contributed by atoms with van der Waals surface area (Å²) < 4.78 is 27.9. The molecule has 170 valence electrons. The minimum absolute atomic E-state index is 0.229. The van der Waals surface area contributed by atoms with Crippen molar-refractivity contribution in [2.75, 3.05) is 32.7 Å². The number of nitrogens with zero attached hydrogens (tertiary/aromatic N) is 2. The molecular formula is C25H29F2N3O2. The fourth-order valence-corrected chi connectivity index (χ4v) is 3.69. The van der Waals surface area contributed by atoms with E-state index in [-0.39, 0.29) is 11.8 Å². The van der Waals surface area contributed by atoms with Crippen LogP contribution in [0.25, 0.3) is 6.08 Å². The van der Waals surface area contributed by atoms with Gasteiger partial charge in [-0.25, -0.2) is 8.78 Å². The van der Waals surface area contributed by atoms with Crippen LogP contribution in [0.2, 0.25) is 0 Å². The largest absolute Gasteiger partial charge is 0.340 e. The summed E-state index contributed by atoms with van der Waals surface area (Å²) in [6.07, 6.45) is 4.18. The summed E-state index contributed by atoms with van der Waals surface area (Å²) in [7, 11) is 0. The SMILES string of the molecule is CC(C)C(NC(=O)c1c(F)cccc1F)C(=O)N1CCN(C/C=C/c2ccccc2)CC1. The maximum Gasteiger partial charge on any atom is 0.257 e. The molecule has 3 rings (SSSR count). The maximum absolute atomic E-state index is 14.0. The number of amides is 2. The number of piperazine rings is 1. The van der Waals surface area contributed by atoms with Gasteiger partial charge in [-0.1, -0.05) is 62.4 Å². The van der Waals surface area contributed by atoms with E-state index in [1.54, 1.807) is 18.7 Å². The van der Waals surface area contributed by atoms with Gasteiger partial charge in [-0.3, -0.25) is 14.5 Å². The van der Waals surface area contributed by atoms with E-state index in [2.05, 4.69) is 22.4 Å². The van der Waals surface area contributed by atoms with E-state index in [9.17, 15) is 18.4 Å². The topological polar surface area (TPSA) is 52.7 Å². The molecule has 1 atom stereocenters. The number of hydrogen-bond donors (Lipinski definition) is 1. The third kappa shape index (κ3) is 6.01. The van der Waals surface area contributed by atoms with E-state index in [4.69, 9.17) is 0 Å². The first kappa shape index (κ1) is 23.6. The van der Waals surface area contributed by atoms with E-state index in [0.717, 1.165) is 24.2 Å². The zero-order valence-corrected chi connectivity index (χ0v) is 18.4. The number of carbonyl (C=O) groups excluding carboxylic acids is 2. The summed E-state index contributed by atoms with van der Waals surface area (Å²) in [4.78, 5) is 29.5. The lowest BCUT2D eigenvalue weighted by Crippen LogP contribution is -2.56. The summed E-state index contributed by atoms with van der Waals surface area (Å²) in [5.41, 5.74) is 0.476. The molecular weight excluding hydrogens is 412 g/mol. The van der Waals surface area contributed by atoms with Gasteiger partial charge in [-0.05, 0) is 23.6 Å². The summed E-state index contributed by atoms with van der Waals surface area (Å²) in [5.74, 6) is -3.28. The van der Waals surface area contributed by atoms with Gasteiger partial charge in [0, 0.05) is 32.7 Å². The van der Waals surface area contributed by atoms with Crippen molar-refractivity contribution in [3.63, 3.8) is 0 Å². The van der Waals surface area contributed by atoms with Crippen molar-refractivity contribution >= 4 is 17.9 Å². The molecule has 0 aliphatic carbocycles. The van der Waals surface area contributed by atoms with Gasteiger partial charge < -0.3 is 10.2 Å². The first-order valence-corrected chi connectivity index (χ1v) is 10.8. The van der Waals surface area contributed by atoms with Crippen LogP contribution in [0.15, 0.2) is 54.6 Å². The van der Waals surface area contributed by atoms with Crippen LogP contribution < -0.4 is 5.32 Å². The molecule has 1 saturated heterocycles. The number of nitrogens with one attached hydrogen (secondary N) is 1. The van der Waals surface area contributed by atoms with Crippen LogP contribution in [0.4, 0.5) is 8.78 Å². The van der Waals surface area contributed by atoms with Crippen molar-refractivity contribution in [2.45, 2.75) is 19.9 Å². The van der Waals surface area contributed by atoms with Crippen molar-refractivity contribution in [3.8, 4) is 0 Å². The molecule has 0 saturated carbocycles. The third-order valence-corrected chi connectivity index (χ3v) is 5.57. The molecule has 0 radical (unpaired) electrons. The summed E-state index contributed by atoms with van der Waals surface area (Å²) >= 11 is 0. The van der Waals surface area contributed by atoms with Crippen LogP contribution in [0.1, 0.15) is 29.8 Å². The molecule has 1 heterocycles. The lowest BCUT2D eigenvalue weighted by molar-refractivity contribution is -0.136. The predicted molar refractivity (Wildman–Crippen MR) is 121 cm³/mol. The Hall–Kier alpha value is -3.06. The first-order valence-electron chi connectivity index (χ1n) is 10.8. The summed E-state index contributed by atoms with van der Waals surface area (Å²) in [6.45, 7) is 6.87. The fourth-order valence-electron chi connectivity index (χ4n) is 3.69. The highest BCUT2D eigenvalue weighted by molar-refractivity contribution is 5.98. The van der Waals surface area contributed by atoms with E-state index >= 15 is 0 Å². The number of rotatable bonds is 7. The van der Waals surface area contributed by atoms with Crippen LogP contribution >= 0.6 is 0 Å². The number of hydrogen-bond acceptors (Lipinski definition) is 3.